The zero-order chi connectivity index (χ0) is 26.3. The summed E-state index contributed by atoms with van der Waals surface area (Å²) in [7, 11) is 0. The molecule has 0 aliphatic carbocycles. The normalized spacial score (nSPS) is 11.3. The monoisotopic (exact) mass is 509 g/mol. The number of anilines is 4. The van der Waals surface area contributed by atoms with Crippen molar-refractivity contribution in [2.75, 3.05) is 16.9 Å². The number of nitrogens with one attached hydrogen (secondary N) is 1. The van der Waals surface area contributed by atoms with E-state index in [-0.39, 0.29) is 17.6 Å². The van der Waals surface area contributed by atoms with Crippen LogP contribution in [0.5, 0.6) is 6.01 Å². The molecule has 13 heteroatoms. The number of halogens is 3. The van der Waals surface area contributed by atoms with Gasteiger partial charge in [-0.1, -0.05) is 48.5 Å². The molecule has 1 aromatic heterocycles. The van der Waals surface area contributed by atoms with E-state index in [2.05, 4.69) is 25.5 Å². The Balaban J connectivity index is 1.71. The van der Waals surface area contributed by atoms with Gasteiger partial charge in [0, 0.05) is 29.1 Å². The quantitative estimate of drug-likeness (QED) is 0.175. The van der Waals surface area contributed by atoms with Crippen molar-refractivity contribution in [1.29, 1.82) is 0 Å². The Bertz CT molecular complexity index is 1350. The fraction of sp³-hybridized carbons (Fsp3) is 0.0833. The van der Waals surface area contributed by atoms with Crippen LogP contribution in [0.1, 0.15) is 5.56 Å². The average molecular weight is 509 g/mol. The van der Waals surface area contributed by atoms with Crippen molar-refractivity contribution in [3.8, 4) is 6.01 Å². The van der Waals surface area contributed by atoms with Crippen molar-refractivity contribution in [3.63, 3.8) is 0 Å². The highest BCUT2D eigenvalue weighted by atomic mass is 19.4. The minimum absolute atomic E-state index is 0.0300. The van der Waals surface area contributed by atoms with Crippen LogP contribution in [0.3, 0.4) is 0 Å². The van der Waals surface area contributed by atoms with Crippen molar-refractivity contribution >= 4 is 35.2 Å². The van der Waals surface area contributed by atoms with Crippen molar-refractivity contribution in [3.05, 3.63) is 101 Å². The predicted molar refractivity (Wildman–Crippen MR) is 130 cm³/mol. The molecule has 0 aliphatic heterocycles. The lowest BCUT2D eigenvalue weighted by molar-refractivity contribution is -0.384. The smallest absolute Gasteiger partial charge is 0.422 e. The maximum Gasteiger partial charge on any atom is 0.422 e. The third-order valence-corrected chi connectivity index (χ3v) is 4.66. The molecular formula is C24H18F3N7O3. The molecule has 0 saturated carbocycles. The van der Waals surface area contributed by atoms with Gasteiger partial charge in [0.15, 0.2) is 6.61 Å². The van der Waals surface area contributed by atoms with Crippen LogP contribution in [0.2, 0.25) is 0 Å². The van der Waals surface area contributed by atoms with Gasteiger partial charge in [-0.05, 0) is 24.3 Å². The fourth-order valence-corrected chi connectivity index (χ4v) is 3.12. The molecule has 0 fully saturated rings. The Labute approximate surface area is 208 Å². The third kappa shape index (κ3) is 6.97. The van der Waals surface area contributed by atoms with Gasteiger partial charge < -0.3 is 4.74 Å². The summed E-state index contributed by atoms with van der Waals surface area (Å²) >= 11 is 0. The van der Waals surface area contributed by atoms with Crippen LogP contribution in [-0.4, -0.2) is 38.9 Å². The largest absolute Gasteiger partial charge is 0.454 e. The number of nitro groups is 1. The second-order valence-corrected chi connectivity index (χ2v) is 7.37. The van der Waals surface area contributed by atoms with Gasteiger partial charge in [-0.15, -0.1) is 0 Å². The lowest BCUT2D eigenvalue weighted by Crippen LogP contribution is -2.21. The second kappa shape index (κ2) is 11.1. The number of alkyl halides is 3. The molecule has 188 valence electrons. The molecule has 0 unspecified atom stereocenters. The predicted octanol–water partition coefficient (Wildman–Crippen LogP) is 5.64. The van der Waals surface area contributed by atoms with Crippen molar-refractivity contribution in [2.45, 2.75) is 6.18 Å². The van der Waals surface area contributed by atoms with Crippen LogP contribution in [0, 0.1) is 10.1 Å². The first-order chi connectivity index (χ1) is 17.8. The van der Waals surface area contributed by atoms with Crippen LogP contribution in [0.15, 0.2) is 90.0 Å². The Morgan fingerprint density at radius 1 is 0.946 bits per heavy atom. The fourth-order valence-electron chi connectivity index (χ4n) is 3.12. The molecular weight excluding hydrogens is 491 g/mol. The molecule has 0 atom stereocenters. The molecule has 0 aliphatic rings. The van der Waals surface area contributed by atoms with E-state index in [0.29, 0.717) is 16.9 Å². The maximum atomic E-state index is 12.8. The summed E-state index contributed by atoms with van der Waals surface area (Å²) < 4.78 is 43.3. The van der Waals surface area contributed by atoms with Crippen molar-refractivity contribution < 1.29 is 22.8 Å². The Morgan fingerprint density at radius 3 is 2.19 bits per heavy atom. The van der Waals surface area contributed by atoms with Gasteiger partial charge in [0.2, 0.25) is 5.95 Å². The Morgan fingerprint density at radius 2 is 1.59 bits per heavy atom. The lowest BCUT2D eigenvalue weighted by Gasteiger charge is -2.23. The number of hydrazone groups is 1. The Hall–Kier alpha value is -5.07. The second-order valence-electron chi connectivity index (χ2n) is 7.37. The van der Waals surface area contributed by atoms with E-state index in [0.717, 1.165) is 0 Å². The van der Waals surface area contributed by atoms with Crippen molar-refractivity contribution in [2.24, 2.45) is 5.10 Å². The van der Waals surface area contributed by atoms with Gasteiger partial charge in [0.1, 0.15) is 0 Å². The van der Waals surface area contributed by atoms with Crippen molar-refractivity contribution in [1.82, 2.24) is 15.0 Å². The summed E-state index contributed by atoms with van der Waals surface area (Å²) in [6, 6.07) is 23.0. The molecule has 37 heavy (non-hydrogen) atoms. The number of hydrogen-bond acceptors (Lipinski definition) is 9. The van der Waals surface area contributed by atoms with E-state index in [9.17, 15) is 23.3 Å². The van der Waals surface area contributed by atoms with Gasteiger partial charge in [-0.2, -0.15) is 33.2 Å². The van der Waals surface area contributed by atoms with E-state index in [1.54, 1.807) is 59.5 Å². The summed E-state index contributed by atoms with van der Waals surface area (Å²) in [5.41, 5.74) is 4.06. The van der Waals surface area contributed by atoms with E-state index in [1.807, 2.05) is 12.1 Å². The maximum absolute atomic E-state index is 12.8. The lowest BCUT2D eigenvalue weighted by atomic mass is 10.2. The van der Waals surface area contributed by atoms with Crippen LogP contribution >= 0.6 is 0 Å². The van der Waals surface area contributed by atoms with Gasteiger partial charge in [0.05, 0.1) is 11.1 Å². The summed E-state index contributed by atoms with van der Waals surface area (Å²) in [5.74, 6) is -0.238. The molecule has 4 rings (SSSR count). The molecule has 0 spiro atoms. The first-order valence-corrected chi connectivity index (χ1v) is 10.7. The third-order valence-electron chi connectivity index (χ3n) is 4.66. The minimum Gasteiger partial charge on any atom is -0.454 e. The molecule has 0 radical (unpaired) electrons. The number of aromatic nitrogens is 3. The molecule has 10 nitrogen and oxygen atoms in total. The summed E-state index contributed by atoms with van der Waals surface area (Å²) in [4.78, 5) is 24.3. The van der Waals surface area contributed by atoms with E-state index < -0.39 is 23.7 Å². The zero-order valence-electron chi connectivity index (χ0n) is 18.9. The van der Waals surface area contributed by atoms with Gasteiger partial charge in [-0.3, -0.25) is 15.0 Å². The number of nitrogens with zero attached hydrogens (tertiary/aromatic N) is 6. The number of para-hydroxylation sites is 2. The van der Waals surface area contributed by atoms with E-state index in [4.69, 9.17) is 4.74 Å². The van der Waals surface area contributed by atoms with Crippen LogP contribution < -0.4 is 15.1 Å². The zero-order valence-corrected chi connectivity index (χ0v) is 18.9. The molecule has 1 heterocycles. The number of hydrogen-bond donors (Lipinski definition) is 1. The standard InChI is InChI=1S/C24H18F3N7O3/c25-24(26,27)16-37-23-30-21(32-28-15-17-8-7-13-20(14-17)34(35)36)29-22(31-23)33(18-9-3-1-4-10-18)19-11-5-2-6-12-19/h1-15H,16H2,(H,29,30,31,32)/b28-15+. The summed E-state index contributed by atoms with van der Waals surface area (Å²) in [6.45, 7) is -1.61. The van der Waals surface area contributed by atoms with Gasteiger partial charge in [0.25, 0.3) is 11.6 Å². The number of rotatable bonds is 9. The molecule has 0 bridgehead atoms. The topological polar surface area (TPSA) is 119 Å². The first kappa shape index (κ1) is 25.0. The van der Waals surface area contributed by atoms with Gasteiger partial charge >= 0.3 is 12.2 Å². The van der Waals surface area contributed by atoms with Crippen LogP contribution in [-0.2, 0) is 0 Å². The molecule has 0 saturated heterocycles. The number of benzene rings is 3. The van der Waals surface area contributed by atoms with E-state index in [1.165, 1.54) is 24.4 Å². The van der Waals surface area contributed by atoms with Crippen LogP contribution in [0.4, 0.5) is 42.1 Å². The molecule has 1 N–H and O–H groups in total. The molecule has 4 aromatic rings. The molecule has 0 amide bonds. The SMILES string of the molecule is O=[N+]([O-])c1cccc(/C=N/Nc2nc(OCC(F)(F)F)nc(N(c3ccccc3)c3ccccc3)n2)c1. The molecule has 3 aromatic carbocycles. The number of non-ortho nitro benzene ring substituents is 1. The highest BCUT2D eigenvalue weighted by Gasteiger charge is 2.29. The minimum atomic E-state index is -4.61. The summed E-state index contributed by atoms with van der Waals surface area (Å²) in [6.07, 6.45) is -3.34. The Kier molecular flexibility index (Phi) is 7.52. The highest BCUT2D eigenvalue weighted by Crippen LogP contribution is 2.33. The van der Waals surface area contributed by atoms with Crippen LogP contribution in [0.25, 0.3) is 0 Å². The summed E-state index contributed by atoms with van der Waals surface area (Å²) in [5, 5.41) is 14.9. The van der Waals surface area contributed by atoms with E-state index >= 15 is 0 Å². The average Bonchev–Trinajstić information content (AvgIpc) is 2.89. The van der Waals surface area contributed by atoms with Gasteiger partial charge in [-0.25, -0.2) is 5.43 Å². The number of ether oxygens (including phenoxy) is 1. The first-order valence-electron chi connectivity index (χ1n) is 10.7. The number of nitro benzene ring substituents is 1. The highest BCUT2D eigenvalue weighted by molar-refractivity contribution is 5.81.